The molecule has 1 heterocycles. The van der Waals surface area contributed by atoms with Crippen LogP contribution in [0.15, 0.2) is 41.7 Å². The van der Waals surface area contributed by atoms with Crippen LogP contribution in [0.25, 0.3) is 0 Å². The monoisotopic (exact) mass is 278 g/mol. The number of thioether (sulfide) groups is 1. The summed E-state index contributed by atoms with van der Waals surface area (Å²) in [5.41, 5.74) is 1.50. The van der Waals surface area contributed by atoms with Gasteiger partial charge in [0.25, 0.3) is 0 Å². The lowest BCUT2D eigenvalue weighted by molar-refractivity contribution is 0.102. The predicted molar refractivity (Wildman–Crippen MR) is 73.3 cm³/mol. The van der Waals surface area contributed by atoms with Crippen molar-refractivity contribution in [2.45, 2.75) is 12.1 Å². The highest BCUT2D eigenvalue weighted by atomic mass is 35.5. The highest BCUT2D eigenvalue weighted by Crippen LogP contribution is 2.17. The quantitative estimate of drug-likeness (QED) is 0.488. The minimum Gasteiger partial charge on any atom is -0.293 e. The molecule has 18 heavy (non-hydrogen) atoms. The summed E-state index contributed by atoms with van der Waals surface area (Å²) in [6.45, 7) is 1.89. The first-order valence-corrected chi connectivity index (χ1v) is 6.73. The molecule has 0 atom stereocenters. The van der Waals surface area contributed by atoms with Gasteiger partial charge in [-0.1, -0.05) is 35.5 Å². The number of nitrogens with zero attached hydrogens (tertiary/aromatic N) is 2. The Kier molecular flexibility index (Phi) is 4.33. The van der Waals surface area contributed by atoms with E-state index in [1.807, 2.05) is 13.0 Å². The number of aryl methyl sites for hydroxylation is 1. The van der Waals surface area contributed by atoms with Crippen molar-refractivity contribution in [3.8, 4) is 0 Å². The van der Waals surface area contributed by atoms with E-state index in [1.165, 1.54) is 11.8 Å². The van der Waals surface area contributed by atoms with Gasteiger partial charge in [0, 0.05) is 22.5 Å². The average molecular weight is 279 g/mol. The lowest BCUT2D eigenvalue weighted by Gasteiger charge is -2.01. The van der Waals surface area contributed by atoms with Crippen molar-refractivity contribution in [2.75, 3.05) is 5.75 Å². The Morgan fingerprint density at radius 3 is 2.94 bits per heavy atom. The summed E-state index contributed by atoms with van der Waals surface area (Å²) in [6, 6.07) is 8.76. The molecule has 0 N–H and O–H groups in total. The van der Waals surface area contributed by atoms with E-state index >= 15 is 0 Å². The highest BCUT2D eigenvalue weighted by Gasteiger charge is 2.08. The van der Waals surface area contributed by atoms with Crippen molar-refractivity contribution >= 4 is 29.1 Å². The fraction of sp³-hybridized carbons (Fsp3) is 0.154. The van der Waals surface area contributed by atoms with Gasteiger partial charge in [0.2, 0.25) is 0 Å². The molecule has 2 aromatic rings. The van der Waals surface area contributed by atoms with Crippen molar-refractivity contribution in [2.24, 2.45) is 0 Å². The zero-order chi connectivity index (χ0) is 13.0. The van der Waals surface area contributed by atoms with Crippen LogP contribution in [0.3, 0.4) is 0 Å². The van der Waals surface area contributed by atoms with E-state index in [1.54, 1.807) is 30.5 Å². The highest BCUT2D eigenvalue weighted by molar-refractivity contribution is 7.99. The van der Waals surface area contributed by atoms with E-state index in [0.29, 0.717) is 21.5 Å². The van der Waals surface area contributed by atoms with Crippen LogP contribution in [0.2, 0.25) is 5.02 Å². The van der Waals surface area contributed by atoms with Crippen LogP contribution in [0.4, 0.5) is 0 Å². The molecule has 0 bridgehead atoms. The van der Waals surface area contributed by atoms with Crippen LogP contribution in [0, 0.1) is 6.92 Å². The third-order valence-electron chi connectivity index (χ3n) is 2.25. The maximum atomic E-state index is 11.9. The summed E-state index contributed by atoms with van der Waals surface area (Å²) in [5, 5.41) is 1.18. The van der Waals surface area contributed by atoms with E-state index in [0.717, 1.165) is 5.69 Å². The first-order valence-electron chi connectivity index (χ1n) is 5.36. The lowest BCUT2D eigenvalue weighted by atomic mass is 10.1. The number of hydrogen-bond acceptors (Lipinski definition) is 4. The van der Waals surface area contributed by atoms with E-state index < -0.39 is 0 Å². The van der Waals surface area contributed by atoms with Crippen LogP contribution in [0.1, 0.15) is 16.1 Å². The molecule has 0 fully saturated rings. The molecule has 0 saturated heterocycles. The number of carbonyl (C=O) groups is 1. The fourth-order valence-electron chi connectivity index (χ4n) is 1.37. The first kappa shape index (κ1) is 13.1. The topological polar surface area (TPSA) is 42.9 Å². The van der Waals surface area contributed by atoms with Gasteiger partial charge in [0.05, 0.1) is 5.75 Å². The Morgan fingerprint density at radius 1 is 1.39 bits per heavy atom. The van der Waals surface area contributed by atoms with Gasteiger partial charge in [-0.25, -0.2) is 9.97 Å². The maximum absolute atomic E-state index is 11.9. The van der Waals surface area contributed by atoms with E-state index in [2.05, 4.69) is 9.97 Å². The Hall–Kier alpha value is -1.39. The molecule has 0 unspecified atom stereocenters. The van der Waals surface area contributed by atoms with E-state index in [4.69, 9.17) is 11.6 Å². The molecular formula is C13H11ClN2OS. The second-order valence-electron chi connectivity index (χ2n) is 3.70. The molecule has 0 saturated carbocycles. The second kappa shape index (κ2) is 5.98. The van der Waals surface area contributed by atoms with Crippen LogP contribution in [-0.4, -0.2) is 21.5 Å². The summed E-state index contributed by atoms with van der Waals surface area (Å²) >= 11 is 7.17. The van der Waals surface area contributed by atoms with Gasteiger partial charge in [-0.05, 0) is 25.1 Å². The lowest BCUT2D eigenvalue weighted by Crippen LogP contribution is -2.03. The van der Waals surface area contributed by atoms with Gasteiger partial charge >= 0.3 is 0 Å². The Balaban J connectivity index is 2.00. The summed E-state index contributed by atoms with van der Waals surface area (Å²) in [6.07, 6.45) is 1.69. The fourth-order valence-corrected chi connectivity index (χ4v) is 2.33. The van der Waals surface area contributed by atoms with E-state index in [9.17, 15) is 4.79 Å². The van der Waals surface area contributed by atoms with Crippen molar-refractivity contribution in [1.29, 1.82) is 0 Å². The smallest absolute Gasteiger partial charge is 0.188 e. The number of carbonyl (C=O) groups excluding carboxylic acids is 1. The number of aromatic nitrogens is 2. The third kappa shape index (κ3) is 3.55. The molecule has 0 radical (unpaired) electrons. The number of rotatable bonds is 4. The molecule has 1 aromatic carbocycles. The molecular weight excluding hydrogens is 268 g/mol. The molecule has 0 aliphatic carbocycles. The minimum absolute atomic E-state index is 0.0209. The van der Waals surface area contributed by atoms with E-state index in [-0.39, 0.29) is 5.78 Å². The second-order valence-corrected chi connectivity index (χ2v) is 5.08. The molecule has 0 spiro atoms. The average Bonchev–Trinajstić information content (AvgIpc) is 2.36. The van der Waals surface area contributed by atoms with Crippen molar-refractivity contribution in [3.63, 3.8) is 0 Å². The van der Waals surface area contributed by atoms with Crippen LogP contribution < -0.4 is 0 Å². The number of ketones is 1. The van der Waals surface area contributed by atoms with Gasteiger partial charge in [-0.3, -0.25) is 4.79 Å². The standard InChI is InChI=1S/C13H11ClN2OS/c1-9-5-6-15-13(16-9)18-8-12(17)10-3-2-4-11(14)7-10/h2-7H,8H2,1H3. The van der Waals surface area contributed by atoms with Crippen LogP contribution in [-0.2, 0) is 0 Å². The molecule has 0 aliphatic heterocycles. The number of Topliss-reactive ketones (excluding diaryl/α,β-unsaturated/α-hetero) is 1. The summed E-state index contributed by atoms with van der Waals surface area (Å²) in [5.74, 6) is 0.330. The number of benzene rings is 1. The SMILES string of the molecule is Cc1ccnc(SCC(=O)c2cccc(Cl)c2)n1. The summed E-state index contributed by atoms with van der Waals surface area (Å²) in [4.78, 5) is 20.2. The number of hydrogen-bond donors (Lipinski definition) is 0. The Bertz CT molecular complexity index is 574. The largest absolute Gasteiger partial charge is 0.293 e. The molecule has 0 aliphatic rings. The molecule has 5 heteroatoms. The Morgan fingerprint density at radius 2 is 2.22 bits per heavy atom. The number of halogens is 1. The van der Waals surface area contributed by atoms with Gasteiger partial charge in [0.15, 0.2) is 10.9 Å². The third-order valence-corrected chi connectivity index (χ3v) is 3.35. The van der Waals surface area contributed by atoms with Crippen molar-refractivity contribution in [3.05, 3.63) is 52.8 Å². The van der Waals surface area contributed by atoms with Gasteiger partial charge in [0.1, 0.15) is 0 Å². The van der Waals surface area contributed by atoms with Gasteiger partial charge in [-0.15, -0.1) is 0 Å². The normalized spacial score (nSPS) is 10.3. The van der Waals surface area contributed by atoms with Crippen molar-refractivity contribution in [1.82, 2.24) is 9.97 Å². The minimum atomic E-state index is 0.0209. The van der Waals surface area contributed by atoms with Crippen LogP contribution >= 0.6 is 23.4 Å². The summed E-state index contributed by atoms with van der Waals surface area (Å²) in [7, 11) is 0. The van der Waals surface area contributed by atoms with Crippen molar-refractivity contribution < 1.29 is 4.79 Å². The first-order chi connectivity index (χ1) is 8.65. The maximum Gasteiger partial charge on any atom is 0.188 e. The zero-order valence-corrected chi connectivity index (χ0v) is 11.3. The van der Waals surface area contributed by atoms with Gasteiger partial charge in [-0.2, -0.15) is 0 Å². The molecule has 0 amide bonds. The predicted octanol–water partition coefficient (Wildman–Crippen LogP) is 3.41. The molecule has 2 rings (SSSR count). The molecule has 1 aromatic heterocycles. The summed E-state index contributed by atoms with van der Waals surface area (Å²) < 4.78 is 0. The zero-order valence-electron chi connectivity index (χ0n) is 9.76. The molecule has 92 valence electrons. The van der Waals surface area contributed by atoms with Crippen LogP contribution in [0.5, 0.6) is 0 Å². The van der Waals surface area contributed by atoms with Gasteiger partial charge < -0.3 is 0 Å². The Labute approximate surface area is 115 Å². The molecule has 3 nitrogen and oxygen atoms in total.